The van der Waals surface area contributed by atoms with Crippen LogP contribution in [0.4, 0.5) is 10.1 Å². The average Bonchev–Trinajstić information content (AvgIpc) is 2.36. The number of hydrogen-bond acceptors (Lipinski definition) is 2. The fraction of sp³-hybridized carbons (Fsp3) is 0.625. The largest absolute Gasteiger partial charge is 0.383 e. The van der Waals surface area contributed by atoms with E-state index in [2.05, 4.69) is 19.2 Å². The van der Waals surface area contributed by atoms with Gasteiger partial charge in [0.25, 0.3) is 0 Å². The SMILES string of the molecule is CC1(C)CCC(OCCNc2cccc(F)c2)CC1. The van der Waals surface area contributed by atoms with Crippen LogP contribution in [-0.4, -0.2) is 19.3 Å². The Bertz CT molecular complexity index is 395. The van der Waals surface area contributed by atoms with Crippen molar-refractivity contribution in [3.05, 3.63) is 30.1 Å². The van der Waals surface area contributed by atoms with Crippen LogP contribution in [0.5, 0.6) is 0 Å². The molecule has 19 heavy (non-hydrogen) atoms. The lowest BCUT2D eigenvalue weighted by atomic mass is 9.76. The molecule has 1 N–H and O–H groups in total. The molecule has 0 bridgehead atoms. The summed E-state index contributed by atoms with van der Waals surface area (Å²) in [4.78, 5) is 0. The maximum absolute atomic E-state index is 13.0. The lowest BCUT2D eigenvalue weighted by Crippen LogP contribution is -2.27. The van der Waals surface area contributed by atoms with E-state index in [9.17, 15) is 4.39 Å². The van der Waals surface area contributed by atoms with Crippen LogP contribution in [-0.2, 0) is 4.74 Å². The third-order valence-corrected chi connectivity index (χ3v) is 3.90. The van der Waals surface area contributed by atoms with Crippen LogP contribution in [0.2, 0.25) is 0 Å². The van der Waals surface area contributed by atoms with Crippen molar-refractivity contribution in [1.82, 2.24) is 0 Å². The van der Waals surface area contributed by atoms with E-state index >= 15 is 0 Å². The van der Waals surface area contributed by atoms with E-state index in [1.54, 1.807) is 6.07 Å². The third-order valence-electron chi connectivity index (χ3n) is 3.90. The van der Waals surface area contributed by atoms with Crippen molar-refractivity contribution < 1.29 is 9.13 Å². The van der Waals surface area contributed by atoms with Gasteiger partial charge in [0.2, 0.25) is 0 Å². The molecule has 0 spiro atoms. The molecule has 0 aromatic heterocycles. The highest BCUT2D eigenvalue weighted by atomic mass is 19.1. The molecule has 0 atom stereocenters. The molecule has 0 unspecified atom stereocenters. The fourth-order valence-corrected chi connectivity index (χ4v) is 2.56. The molecule has 1 saturated carbocycles. The summed E-state index contributed by atoms with van der Waals surface area (Å²) in [5.41, 5.74) is 1.30. The van der Waals surface area contributed by atoms with E-state index in [1.807, 2.05) is 6.07 Å². The summed E-state index contributed by atoms with van der Waals surface area (Å²) >= 11 is 0. The molecule has 1 aliphatic carbocycles. The Labute approximate surface area is 115 Å². The normalized spacial score (nSPS) is 19.3. The van der Waals surface area contributed by atoms with Gasteiger partial charge in [-0.3, -0.25) is 0 Å². The second-order valence-electron chi connectivity index (χ2n) is 6.17. The van der Waals surface area contributed by atoms with E-state index in [-0.39, 0.29) is 5.82 Å². The van der Waals surface area contributed by atoms with Gasteiger partial charge in [-0.25, -0.2) is 4.39 Å². The highest BCUT2D eigenvalue weighted by Crippen LogP contribution is 2.36. The van der Waals surface area contributed by atoms with Crippen LogP contribution in [0.15, 0.2) is 24.3 Å². The number of nitrogens with one attached hydrogen (secondary N) is 1. The van der Waals surface area contributed by atoms with Crippen LogP contribution < -0.4 is 5.32 Å². The maximum Gasteiger partial charge on any atom is 0.125 e. The second-order valence-corrected chi connectivity index (χ2v) is 6.17. The summed E-state index contributed by atoms with van der Waals surface area (Å²) in [7, 11) is 0. The second kappa shape index (κ2) is 6.38. The first-order valence-corrected chi connectivity index (χ1v) is 7.16. The summed E-state index contributed by atoms with van der Waals surface area (Å²) in [6.07, 6.45) is 5.21. The van der Waals surface area contributed by atoms with Crippen LogP contribution in [0, 0.1) is 11.2 Å². The van der Waals surface area contributed by atoms with Gasteiger partial charge in [-0.2, -0.15) is 0 Å². The van der Waals surface area contributed by atoms with E-state index < -0.39 is 0 Å². The van der Waals surface area contributed by atoms with Crippen LogP contribution in [0.3, 0.4) is 0 Å². The average molecular weight is 265 g/mol. The quantitative estimate of drug-likeness (QED) is 0.805. The monoisotopic (exact) mass is 265 g/mol. The lowest BCUT2D eigenvalue weighted by Gasteiger charge is -2.34. The highest BCUT2D eigenvalue weighted by Gasteiger charge is 2.26. The molecule has 106 valence electrons. The minimum atomic E-state index is -0.208. The van der Waals surface area contributed by atoms with Gasteiger partial charge in [-0.05, 0) is 49.3 Å². The topological polar surface area (TPSA) is 21.3 Å². The number of benzene rings is 1. The minimum Gasteiger partial charge on any atom is -0.383 e. The van der Waals surface area contributed by atoms with Crippen molar-refractivity contribution in [3.8, 4) is 0 Å². The summed E-state index contributed by atoms with van der Waals surface area (Å²) in [5, 5.41) is 3.18. The standard InChI is InChI=1S/C16H24FNO/c1-16(2)8-6-15(7-9-16)19-11-10-18-14-5-3-4-13(17)12-14/h3-5,12,15,18H,6-11H2,1-2H3. The Morgan fingerprint density at radius 1 is 1.32 bits per heavy atom. The molecule has 1 aromatic carbocycles. The Morgan fingerprint density at radius 2 is 2.05 bits per heavy atom. The van der Waals surface area contributed by atoms with Gasteiger partial charge in [-0.1, -0.05) is 19.9 Å². The van der Waals surface area contributed by atoms with Crippen molar-refractivity contribution in [2.24, 2.45) is 5.41 Å². The highest BCUT2D eigenvalue weighted by molar-refractivity contribution is 5.42. The third kappa shape index (κ3) is 4.83. The lowest BCUT2D eigenvalue weighted by molar-refractivity contribution is 0.00944. The Hall–Kier alpha value is -1.09. The molecule has 0 heterocycles. The van der Waals surface area contributed by atoms with Gasteiger partial charge >= 0.3 is 0 Å². The van der Waals surface area contributed by atoms with E-state index in [4.69, 9.17) is 4.74 Å². The Kier molecular flexibility index (Phi) is 4.81. The van der Waals surface area contributed by atoms with Gasteiger partial charge in [0, 0.05) is 12.2 Å². The van der Waals surface area contributed by atoms with Crippen molar-refractivity contribution in [2.75, 3.05) is 18.5 Å². The van der Waals surface area contributed by atoms with E-state index in [1.165, 1.54) is 25.0 Å². The first-order chi connectivity index (χ1) is 9.05. The minimum absolute atomic E-state index is 0.208. The molecule has 2 rings (SSSR count). The van der Waals surface area contributed by atoms with Gasteiger partial charge in [-0.15, -0.1) is 0 Å². The van der Waals surface area contributed by atoms with Crippen molar-refractivity contribution >= 4 is 5.69 Å². The molecule has 0 amide bonds. The van der Waals surface area contributed by atoms with Gasteiger partial charge in [0.05, 0.1) is 12.7 Å². The summed E-state index contributed by atoms with van der Waals surface area (Å²) < 4.78 is 18.8. The van der Waals surface area contributed by atoms with Crippen LogP contribution in [0.25, 0.3) is 0 Å². The fourth-order valence-electron chi connectivity index (χ4n) is 2.56. The predicted octanol–water partition coefficient (Wildman–Crippen LogP) is 4.22. The van der Waals surface area contributed by atoms with Crippen LogP contribution in [0.1, 0.15) is 39.5 Å². The molecule has 1 fully saturated rings. The number of ether oxygens (including phenoxy) is 1. The number of rotatable bonds is 5. The van der Waals surface area contributed by atoms with Crippen molar-refractivity contribution in [1.29, 1.82) is 0 Å². The zero-order chi connectivity index (χ0) is 13.7. The van der Waals surface area contributed by atoms with E-state index in [0.717, 1.165) is 25.1 Å². The first-order valence-electron chi connectivity index (χ1n) is 7.16. The summed E-state index contributed by atoms with van der Waals surface area (Å²) in [6, 6.07) is 6.53. The van der Waals surface area contributed by atoms with Crippen molar-refractivity contribution in [3.63, 3.8) is 0 Å². The first kappa shape index (κ1) is 14.3. The van der Waals surface area contributed by atoms with Gasteiger partial charge < -0.3 is 10.1 Å². The molecule has 0 aliphatic heterocycles. The zero-order valence-corrected chi connectivity index (χ0v) is 11.9. The number of anilines is 1. The van der Waals surface area contributed by atoms with Gasteiger partial charge in [0.1, 0.15) is 5.82 Å². The molecular formula is C16H24FNO. The molecule has 1 aromatic rings. The predicted molar refractivity (Wildman–Crippen MR) is 76.9 cm³/mol. The molecule has 0 radical (unpaired) electrons. The zero-order valence-electron chi connectivity index (χ0n) is 11.9. The molecule has 3 heteroatoms. The molecular weight excluding hydrogens is 241 g/mol. The smallest absolute Gasteiger partial charge is 0.125 e. The number of hydrogen-bond donors (Lipinski definition) is 1. The molecule has 1 aliphatic rings. The Morgan fingerprint density at radius 3 is 2.74 bits per heavy atom. The van der Waals surface area contributed by atoms with Gasteiger partial charge in [0.15, 0.2) is 0 Å². The number of halogens is 1. The van der Waals surface area contributed by atoms with E-state index in [0.29, 0.717) is 18.1 Å². The van der Waals surface area contributed by atoms with Crippen LogP contribution >= 0.6 is 0 Å². The summed E-state index contributed by atoms with van der Waals surface area (Å²) in [6.45, 7) is 6.06. The molecule has 2 nitrogen and oxygen atoms in total. The Balaban J connectivity index is 1.62. The maximum atomic E-state index is 13.0. The molecule has 0 saturated heterocycles. The summed E-state index contributed by atoms with van der Waals surface area (Å²) in [5.74, 6) is -0.208. The van der Waals surface area contributed by atoms with Crippen molar-refractivity contribution in [2.45, 2.75) is 45.6 Å².